The molecule has 108 valence electrons. The van der Waals surface area contributed by atoms with Crippen molar-refractivity contribution in [1.82, 2.24) is 5.32 Å². The number of alkyl halides is 3. The van der Waals surface area contributed by atoms with Gasteiger partial charge in [-0.1, -0.05) is 18.2 Å². The number of halogens is 3. The Morgan fingerprint density at radius 2 is 1.95 bits per heavy atom. The van der Waals surface area contributed by atoms with Crippen LogP contribution in [-0.4, -0.2) is 42.2 Å². The van der Waals surface area contributed by atoms with E-state index in [1.54, 1.807) is 12.1 Å². The van der Waals surface area contributed by atoms with Crippen molar-refractivity contribution in [3.8, 4) is 5.75 Å². The number of hydrogen-bond donors (Lipinski definition) is 2. The lowest BCUT2D eigenvalue weighted by atomic mass is 10.3. The van der Waals surface area contributed by atoms with Crippen LogP contribution < -0.4 is 10.1 Å². The Hall–Kier alpha value is -0.920. The van der Waals surface area contributed by atoms with E-state index in [4.69, 9.17) is 4.74 Å². The van der Waals surface area contributed by atoms with Gasteiger partial charge in [0.15, 0.2) is 0 Å². The molecule has 3 nitrogen and oxygen atoms in total. The van der Waals surface area contributed by atoms with Gasteiger partial charge in [-0.25, -0.2) is 0 Å². The highest BCUT2D eigenvalue weighted by Gasteiger charge is 2.27. The van der Waals surface area contributed by atoms with Crippen LogP contribution in [0, 0.1) is 0 Å². The summed E-state index contributed by atoms with van der Waals surface area (Å²) in [5.74, 6) is 0.574. The van der Waals surface area contributed by atoms with Crippen molar-refractivity contribution in [1.29, 1.82) is 0 Å². The molecule has 1 unspecified atom stereocenters. The third-order valence-corrected chi connectivity index (χ3v) is 2.85. The van der Waals surface area contributed by atoms with Crippen molar-refractivity contribution in [2.75, 3.05) is 25.4 Å². The third-order valence-electron chi connectivity index (χ3n) is 2.11. The Morgan fingerprint density at radius 1 is 1.26 bits per heavy atom. The smallest absolute Gasteiger partial charge is 0.441 e. The molecule has 0 aliphatic rings. The van der Waals surface area contributed by atoms with Gasteiger partial charge in [-0.3, -0.25) is 0 Å². The van der Waals surface area contributed by atoms with Crippen LogP contribution in [-0.2, 0) is 0 Å². The monoisotopic (exact) mass is 295 g/mol. The molecule has 0 spiro atoms. The molecule has 0 aromatic heterocycles. The van der Waals surface area contributed by atoms with Gasteiger partial charge in [0.2, 0.25) is 0 Å². The molecule has 0 saturated carbocycles. The predicted molar refractivity (Wildman–Crippen MR) is 69.3 cm³/mol. The highest BCUT2D eigenvalue weighted by Crippen LogP contribution is 2.29. The Morgan fingerprint density at radius 3 is 2.58 bits per heavy atom. The number of aliphatic hydroxyl groups excluding tert-OH is 1. The van der Waals surface area contributed by atoms with Crippen LogP contribution in [0.15, 0.2) is 30.3 Å². The van der Waals surface area contributed by atoms with Gasteiger partial charge in [-0.05, 0) is 23.9 Å². The van der Waals surface area contributed by atoms with Crippen LogP contribution in [0.3, 0.4) is 0 Å². The molecular formula is C12H16F3NO2S. The summed E-state index contributed by atoms with van der Waals surface area (Å²) in [4.78, 5) is 0. The summed E-state index contributed by atoms with van der Waals surface area (Å²) in [5.41, 5.74) is -4.20. The zero-order valence-corrected chi connectivity index (χ0v) is 11.0. The highest BCUT2D eigenvalue weighted by molar-refractivity contribution is 8.00. The summed E-state index contributed by atoms with van der Waals surface area (Å²) >= 11 is -0.0799. The van der Waals surface area contributed by atoms with Crippen molar-refractivity contribution in [3.05, 3.63) is 30.3 Å². The molecule has 0 aliphatic heterocycles. The minimum absolute atomic E-state index is 0.0736. The molecule has 19 heavy (non-hydrogen) atoms. The Labute approximate surface area is 114 Å². The van der Waals surface area contributed by atoms with Crippen molar-refractivity contribution < 1.29 is 23.0 Å². The molecule has 7 heteroatoms. The van der Waals surface area contributed by atoms with Gasteiger partial charge in [0.05, 0.1) is 0 Å². The molecule has 0 aliphatic carbocycles. The lowest BCUT2D eigenvalue weighted by Gasteiger charge is -2.13. The van der Waals surface area contributed by atoms with E-state index >= 15 is 0 Å². The summed E-state index contributed by atoms with van der Waals surface area (Å²) in [5, 5.41) is 12.3. The first-order valence-corrected chi connectivity index (χ1v) is 6.73. The molecule has 0 amide bonds. The molecule has 1 rings (SSSR count). The summed E-state index contributed by atoms with van der Waals surface area (Å²) in [7, 11) is 0. The molecule has 1 atom stereocenters. The van der Waals surface area contributed by atoms with Gasteiger partial charge in [-0.2, -0.15) is 13.2 Å². The maximum atomic E-state index is 11.8. The second kappa shape index (κ2) is 8.29. The number of rotatable bonds is 8. The fraction of sp³-hybridized carbons (Fsp3) is 0.500. The molecule has 1 aromatic rings. The Bertz CT molecular complexity index is 349. The van der Waals surface area contributed by atoms with E-state index in [1.807, 2.05) is 18.2 Å². The van der Waals surface area contributed by atoms with Crippen LogP contribution in [0.1, 0.15) is 0 Å². The first-order valence-electron chi connectivity index (χ1n) is 5.75. The number of ether oxygens (including phenoxy) is 1. The average Bonchev–Trinajstić information content (AvgIpc) is 2.36. The zero-order chi connectivity index (χ0) is 14.1. The van der Waals surface area contributed by atoms with Gasteiger partial charge in [-0.15, -0.1) is 0 Å². The molecule has 0 saturated heterocycles. The predicted octanol–water partition coefficient (Wildman–Crippen LogP) is 2.27. The van der Waals surface area contributed by atoms with Crippen LogP contribution in [0.5, 0.6) is 5.75 Å². The van der Waals surface area contributed by atoms with Gasteiger partial charge >= 0.3 is 5.51 Å². The molecule has 2 N–H and O–H groups in total. The first-order chi connectivity index (χ1) is 8.97. The van der Waals surface area contributed by atoms with E-state index in [0.717, 1.165) is 0 Å². The minimum atomic E-state index is -4.20. The van der Waals surface area contributed by atoms with Crippen molar-refractivity contribution in [2.24, 2.45) is 0 Å². The van der Waals surface area contributed by atoms with E-state index in [-0.39, 0.29) is 37.2 Å². The molecule has 1 aromatic carbocycles. The normalized spacial score (nSPS) is 13.3. The number of aliphatic hydroxyl groups is 1. The number of para-hydroxylation sites is 1. The van der Waals surface area contributed by atoms with E-state index in [2.05, 4.69) is 5.32 Å². The molecule has 0 fully saturated rings. The Balaban J connectivity index is 2.04. The summed E-state index contributed by atoms with van der Waals surface area (Å²) < 4.78 is 40.8. The summed E-state index contributed by atoms with van der Waals surface area (Å²) in [6.07, 6.45) is -0.754. The van der Waals surface area contributed by atoms with Gasteiger partial charge in [0.25, 0.3) is 0 Å². The topological polar surface area (TPSA) is 41.5 Å². The minimum Gasteiger partial charge on any atom is -0.491 e. The number of benzene rings is 1. The second-order valence-electron chi connectivity index (χ2n) is 3.78. The van der Waals surface area contributed by atoms with Crippen LogP contribution in [0.25, 0.3) is 0 Å². The highest BCUT2D eigenvalue weighted by atomic mass is 32.2. The van der Waals surface area contributed by atoms with Crippen molar-refractivity contribution in [3.63, 3.8) is 0 Å². The standard InChI is InChI=1S/C12H16F3NO2S/c13-12(14,15)19-7-6-16-8-10(17)9-18-11-4-2-1-3-5-11/h1-5,10,16-17H,6-9H2. The summed E-state index contributed by atoms with van der Waals surface area (Å²) in [6, 6.07) is 9.01. The molecule has 0 heterocycles. The van der Waals surface area contributed by atoms with Crippen LogP contribution in [0.4, 0.5) is 13.2 Å². The first kappa shape index (κ1) is 16.1. The number of thioether (sulfide) groups is 1. The Kier molecular flexibility index (Phi) is 7.04. The fourth-order valence-electron chi connectivity index (χ4n) is 1.28. The van der Waals surface area contributed by atoms with E-state index in [9.17, 15) is 18.3 Å². The number of nitrogens with one attached hydrogen (secondary N) is 1. The molecular weight excluding hydrogens is 279 g/mol. The fourth-order valence-corrected chi connectivity index (χ4v) is 1.75. The van der Waals surface area contributed by atoms with Gasteiger partial charge in [0, 0.05) is 18.8 Å². The molecule has 0 bridgehead atoms. The SMILES string of the molecule is OC(CNCCSC(F)(F)F)COc1ccccc1. The van der Waals surface area contributed by atoms with Crippen molar-refractivity contribution >= 4 is 11.8 Å². The van der Waals surface area contributed by atoms with Crippen LogP contribution in [0.2, 0.25) is 0 Å². The zero-order valence-electron chi connectivity index (χ0n) is 10.2. The lowest BCUT2D eigenvalue weighted by Crippen LogP contribution is -2.32. The lowest BCUT2D eigenvalue weighted by molar-refractivity contribution is -0.0327. The largest absolute Gasteiger partial charge is 0.491 e. The van der Waals surface area contributed by atoms with E-state index in [1.165, 1.54) is 0 Å². The third kappa shape index (κ3) is 8.74. The van der Waals surface area contributed by atoms with E-state index in [0.29, 0.717) is 5.75 Å². The molecule has 0 radical (unpaired) electrons. The number of hydrogen-bond acceptors (Lipinski definition) is 4. The summed E-state index contributed by atoms with van der Waals surface area (Å²) in [6.45, 7) is 0.487. The second-order valence-corrected chi connectivity index (χ2v) is 4.94. The van der Waals surface area contributed by atoms with E-state index < -0.39 is 11.6 Å². The van der Waals surface area contributed by atoms with Gasteiger partial charge in [0.1, 0.15) is 18.5 Å². The van der Waals surface area contributed by atoms with Crippen molar-refractivity contribution in [2.45, 2.75) is 11.6 Å². The quantitative estimate of drug-likeness (QED) is 0.722. The maximum Gasteiger partial charge on any atom is 0.441 e. The van der Waals surface area contributed by atoms with Gasteiger partial charge < -0.3 is 15.2 Å². The van der Waals surface area contributed by atoms with Crippen LogP contribution >= 0.6 is 11.8 Å². The maximum absolute atomic E-state index is 11.8. The average molecular weight is 295 g/mol.